The lowest BCUT2D eigenvalue weighted by molar-refractivity contribution is -0.384. The third kappa shape index (κ3) is 2.48. The Hall–Kier alpha value is -1.79. The van der Waals surface area contributed by atoms with E-state index < -0.39 is 4.92 Å². The van der Waals surface area contributed by atoms with Gasteiger partial charge < -0.3 is 5.73 Å². The summed E-state index contributed by atoms with van der Waals surface area (Å²) in [6, 6.07) is 6.37. The number of hydrogen-bond acceptors (Lipinski definition) is 5. The van der Waals surface area contributed by atoms with Gasteiger partial charge in [0.05, 0.1) is 4.92 Å². The zero-order valence-electron chi connectivity index (χ0n) is 9.16. The van der Waals surface area contributed by atoms with Gasteiger partial charge in [0.25, 0.3) is 5.69 Å². The van der Waals surface area contributed by atoms with E-state index >= 15 is 0 Å². The highest BCUT2D eigenvalue weighted by Gasteiger charge is 2.11. The standard InChI is InChI=1S/C11H11N3O2S/c1-7(12)10-6-13-11(17-10)8-3-2-4-9(5-8)14(15)16/h2-7H,12H2,1H3. The van der Waals surface area contributed by atoms with Crippen molar-refractivity contribution in [2.45, 2.75) is 13.0 Å². The van der Waals surface area contributed by atoms with Crippen molar-refractivity contribution in [1.82, 2.24) is 4.98 Å². The Bertz CT molecular complexity index is 551. The Morgan fingerprint density at radius 2 is 2.29 bits per heavy atom. The Balaban J connectivity index is 2.38. The largest absolute Gasteiger partial charge is 0.323 e. The highest BCUT2D eigenvalue weighted by molar-refractivity contribution is 7.15. The summed E-state index contributed by atoms with van der Waals surface area (Å²) in [5.74, 6) is 0. The molecule has 0 saturated carbocycles. The van der Waals surface area contributed by atoms with Gasteiger partial charge in [0, 0.05) is 34.8 Å². The molecule has 2 N–H and O–H groups in total. The van der Waals surface area contributed by atoms with Crippen molar-refractivity contribution < 1.29 is 4.92 Å². The highest BCUT2D eigenvalue weighted by Crippen LogP contribution is 2.29. The van der Waals surface area contributed by atoms with Crippen molar-refractivity contribution in [3.63, 3.8) is 0 Å². The lowest BCUT2D eigenvalue weighted by atomic mass is 10.2. The minimum Gasteiger partial charge on any atom is -0.323 e. The minimum absolute atomic E-state index is 0.0695. The van der Waals surface area contributed by atoms with Crippen LogP contribution in [0.15, 0.2) is 30.5 Å². The van der Waals surface area contributed by atoms with Crippen LogP contribution >= 0.6 is 11.3 Å². The number of benzene rings is 1. The van der Waals surface area contributed by atoms with Crippen LogP contribution in [0.2, 0.25) is 0 Å². The highest BCUT2D eigenvalue weighted by atomic mass is 32.1. The molecule has 1 heterocycles. The quantitative estimate of drug-likeness (QED) is 0.669. The molecule has 0 aliphatic heterocycles. The average molecular weight is 249 g/mol. The molecule has 17 heavy (non-hydrogen) atoms. The molecule has 1 aromatic heterocycles. The Labute approximate surface area is 102 Å². The third-order valence-electron chi connectivity index (χ3n) is 2.28. The van der Waals surface area contributed by atoms with Crippen LogP contribution < -0.4 is 5.73 Å². The van der Waals surface area contributed by atoms with Crippen LogP contribution in [0.4, 0.5) is 5.69 Å². The van der Waals surface area contributed by atoms with Crippen LogP contribution in [-0.4, -0.2) is 9.91 Å². The molecule has 0 amide bonds. The first-order valence-electron chi connectivity index (χ1n) is 5.04. The third-order valence-corrected chi connectivity index (χ3v) is 3.52. The van der Waals surface area contributed by atoms with Crippen molar-refractivity contribution in [2.24, 2.45) is 5.73 Å². The van der Waals surface area contributed by atoms with E-state index in [-0.39, 0.29) is 11.7 Å². The van der Waals surface area contributed by atoms with Gasteiger partial charge in [-0.3, -0.25) is 10.1 Å². The molecule has 0 bridgehead atoms. The number of rotatable bonds is 3. The number of non-ortho nitro benzene ring substituents is 1. The van der Waals surface area contributed by atoms with E-state index in [0.717, 1.165) is 15.4 Å². The van der Waals surface area contributed by atoms with Gasteiger partial charge in [0.1, 0.15) is 5.01 Å². The van der Waals surface area contributed by atoms with Crippen LogP contribution in [0, 0.1) is 10.1 Å². The average Bonchev–Trinajstić information content (AvgIpc) is 2.78. The fourth-order valence-corrected chi connectivity index (χ4v) is 2.25. The SMILES string of the molecule is CC(N)c1cnc(-c2cccc([N+](=O)[O-])c2)s1. The Morgan fingerprint density at radius 3 is 2.88 bits per heavy atom. The molecule has 0 fully saturated rings. The Kier molecular flexibility index (Phi) is 3.16. The number of thiazole rings is 1. The van der Waals surface area contributed by atoms with Crippen molar-refractivity contribution in [3.05, 3.63) is 45.5 Å². The topological polar surface area (TPSA) is 82.0 Å². The summed E-state index contributed by atoms with van der Waals surface area (Å²) in [6.07, 6.45) is 1.71. The molecule has 0 spiro atoms. The van der Waals surface area contributed by atoms with Crippen LogP contribution in [0.25, 0.3) is 10.6 Å². The summed E-state index contributed by atoms with van der Waals surface area (Å²) < 4.78 is 0. The molecule has 0 aliphatic carbocycles. The number of nitro groups is 1. The van der Waals surface area contributed by atoms with Gasteiger partial charge in [-0.2, -0.15) is 0 Å². The molecule has 2 aromatic rings. The summed E-state index contributed by atoms with van der Waals surface area (Å²) in [5.41, 5.74) is 6.56. The zero-order chi connectivity index (χ0) is 12.4. The molecule has 1 unspecified atom stereocenters. The number of nitrogens with zero attached hydrogens (tertiary/aromatic N) is 2. The van der Waals surface area contributed by atoms with Crippen LogP contribution in [0.5, 0.6) is 0 Å². The number of aromatic nitrogens is 1. The lowest BCUT2D eigenvalue weighted by Gasteiger charge is -1.98. The van der Waals surface area contributed by atoms with E-state index in [1.807, 2.05) is 6.92 Å². The van der Waals surface area contributed by atoms with E-state index in [1.165, 1.54) is 23.5 Å². The molecule has 1 atom stereocenters. The molecule has 6 heteroatoms. The second-order valence-electron chi connectivity index (χ2n) is 3.66. The monoisotopic (exact) mass is 249 g/mol. The van der Waals surface area contributed by atoms with E-state index in [2.05, 4.69) is 4.98 Å². The fourth-order valence-electron chi connectivity index (χ4n) is 1.38. The summed E-state index contributed by atoms with van der Waals surface area (Å²) in [5, 5.41) is 11.4. The second kappa shape index (κ2) is 4.60. The maximum atomic E-state index is 10.7. The summed E-state index contributed by atoms with van der Waals surface area (Å²) in [7, 11) is 0. The van der Waals surface area contributed by atoms with Crippen molar-refractivity contribution in [1.29, 1.82) is 0 Å². The summed E-state index contributed by atoms with van der Waals surface area (Å²) in [6.45, 7) is 1.88. The van der Waals surface area contributed by atoms with E-state index in [4.69, 9.17) is 5.73 Å². The molecule has 1 aromatic carbocycles. The predicted molar refractivity (Wildman–Crippen MR) is 66.8 cm³/mol. The summed E-state index contributed by atoms with van der Waals surface area (Å²) >= 11 is 1.46. The van der Waals surface area contributed by atoms with Gasteiger partial charge in [0.15, 0.2) is 0 Å². The first-order valence-corrected chi connectivity index (χ1v) is 5.85. The number of hydrogen-bond donors (Lipinski definition) is 1. The summed E-state index contributed by atoms with van der Waals surface area (Å²) in [4.78, 5) is 15.4. The first kappa shape index (κ1) is 11.7. The van der Waals surface area contributed by atoms with Gasteiger partial charge in [-0.1, -0.05) is 12.1 Å². The maximum Gasteiger partial charge on any atom is 0.270 e. The van der Waals surface area contributed by atoms with E-state index in [1.54, 1.807) is 18.3 Å². The van der Waals surface area contributed by atoms with Crippen molar-refractivity contribution in [2.75, 3.05) is 0 Å². The predicted octanol–water partition coefficient (Wildman–Crippen LogP) is 2.74. The van der Waals surface area contributed by atoms with E-state index in [0.29, 0.717) is 0 Å². The molecular weight excluding hydrogens is 238 g/mol. The first-order chi connectivity index (χ1) is 8.08. The number of nitro benzene ring substituents is 1. The van der Waals surface area contributed by atoms with Crippen LogP contribution in [-0.2, 0) is 0 Å². The fraction of sp³-hybridized carbons (Fsp3) is 0.182. The molecule has 0 saturated heterocycles. The second-order valence-corrected chi connectivity index (χ2v) is 4.73. The lowest BCUT2D eigenvalue weighted by Crippen LogP contribution is -2.01. The smallest absolute Gasteiger partial charge is 0.270 e. The Morgan fingerprint density at radius 1 is 1.53 bits per heavy atom. The minimum atomic E-state index is -0.413. The maximum absolute atomic E-state index is 10.7. The van der Waals surface area contributed by atoms with Crippen molar-refractivity contribution in [3.8, 4) is 10.6 Å². The van der Waals surface area contributed by atoms with Crippen molar-refractivity contribution >= 4 is 17.0 Å². The van der Waals surface area contributed by atoms with Crippen LogP contribution in [0.1, 0.15) is 17.8 Å². The molecule has 88 valence electrons. The number of nitrogens with two attached hydrogens (primary N) is 1. The molecule has 2 rings (SSSR count). The molecular formula is C11H11N3O2S. The van der Waals surface area contributed by atoms with Gasteiger partial charge in [-0.15, -0.1) is 11.3 Å². The van der Waals surface area contributed by atoms with E-state index in [9.17, 15) is 10.1 Å². The molecule has 0 radical (unpaired) electrons. The zero-order valence-corrected chi connectivity index (χ0v) is 9.98. The van der Waals surface area contributed by atoms with Gasteiger partial charge in [-0.25, -0.2) is 4.98 Å². The normalized spacial score (nSPS) is 12.4. The van der Waals surface area contributed by atoms with Gasteiger partial charge in [0.2, 0.25) is 0 Å². The van der Waals surface area contributed by atoms with Gasteiger partial charge >= 0.3 is 0 Å². The molecule has 5 nitrogen and oxygen atoms in total. The van der Waals surface area contributed by atoms with Gasteiger partial charge in [-0.05, 0) is 6.92 Å². The van der Waals surface area contributed by atoms with Crippen LogP contribution in [0.3, 0.4) is 0 Å². The molecule has 0 aliphatic rings.